The van der Waals surface area contributed by atoms with Crippen molar-refractivity contribution in [1.82, 2.24) is 4.98 Å². The third-order valence-electron chi connectivity index (χ3n) is 4.83. The van der Waals surface area contributed by atoms with Gasteiger partial charge in [0.15, 0.2) is 18.3 Å². The molecule has 156 valence electrons. The maximum atomic E-state index is 12.1. The molecule has 0 bridgehead atoms. The summed E-state index contributed by atoms with van der Waals surface area (Å²) in [5.74, 6) is 0.233. The molecule has 0 unspecified atom stereocenters. The number of nitrogens with one attached hydrogen (secondary N) is 1. The summed E-state index contributed by atoms with van der Waals surface area (Å²) in [6.07, 6.45) is 2.02. The number of aromatic nitrogens is 1. The highest BCUT2D eigenvalue weighted by atomic mass is 16.5. The predicted octanol–water partition coefficient (Wildman–Crippen LogP) is 4.92. The van der Waals surface area contributed by atoms with E-state index >= 15 is 0 Å². The summed E-state index contributed by atoms with van der Waals surface area (Å²) in [5, 5.41) is 4.85. The Kier molecular flexibility index (Phi) is 6.08. The zero-order valence-electron chi connectivity index (χ0n) is 17.1. The van der Waals surface area contributed by atoms with Crippen LogP contribution in [0.2, 0.25) is 0 Å². The molecule has 0 saturated carbocycles. The molecule has 0 aliphatic heterocycles. The summed E-state index contributed by atoms with van der Waals surface area (Å²) >= 11 is 0. The molecule has 0 fully saturated rings. The molecular weight excluding hydrogens is 392 g/mol. The molecule has 1 amide bonds. The van der Waals surface area contributed by atoms with E-state index in [4.69, 9.17) is 9.15 Å². The molecule has 1 aromatic heterocycles. The highest BCUT2D eigenvalue weighted by Crippen LogP contribution is 2.21. The van der Waals surface area contributed by atoms with Gasteiger partial charge in [-0.2, -0.15) is 0 Å². The standard InChI is InChI=1S/C25H22N2O4/c1-17-6-8-19(9-7-17)22-15-26-24(31-22)12-13-25(29)30-16-23(28)27-21-11-10-18-4-2-3-5-20(18)14-21/h2-11,14-15H,12-13,16H2,1H3,(H,27,28). The van der Waals surface area contributed by atoms with Crippen LogP contribution in [0.5, 0.6) is 0 Å². The fourth-order valence-corrected chi connectivity index (χ4v) is 3.17. The summed E-state index contributed by atoms with van der Waals surface area (Å²) in [4.78, 5) is 28.3. The zero-order valence-corrected chi connectivity index (χ0v) is 17.1. The van der Waals surface area contributed by atoms with Crippen molar-refractivity contribution in [2.45, 2.75) is 19.8 Å². The van der Waals surface area contributed by atoms with Crippen LogP contribution in [-0.2, 0) is 20.7 Å². The third kappa shape index (κ3) is 5.36. The van der Waals surface area contributed by atoms with Gasteiger partial charge in [0, 0.05) is 17.7 Å². The number of fused-ring (bicyclic) bond motifs is 1. The van der Waals surface area contributed by atoms with Crippen molar-refractivity contribution in [3.8, 4) is 11.3 Å². The third-order valence-corrected chi connectivity index (χ3v) is 4.83. The number of carbonyl (C=O) groups excluding carboxylic acids is 2. The number of esters is 1. The first-order valence-corrected chi connectivity index (χ1v) is 10.0. The van der Waals surface area contributed by atoms with Gasteiger partial charge in [-0.25, -0.2) is 4.98 Å². The lowest BCUT2D eigenvalue weighted by atomic mass is 10.1. The molecule has 0 aliphatic carbocycles. The van der Waals surface area contributed by atoms with Gasteiger partial charge in [0.1, 0.15) is 0 Å². The average molecular weight is 414 g/mol. The second kappa shape index (κ2) is 9.26. The van der Waals surface area contributed by atoms with E-state index in [0.717, 1.165) is 21.9 Å². The lowest BCUT2D eigenvalue weighted by Gasteiger charge is -2.07. The van der Waals surface area contributed by atoms with Gasteiger partial charge in [-0.1, -0.05) is 60.2 Å². The molecule has 1 heterocycles. The highest BCUT2D eigenvalue weighted by Gasteiger charge is 2.12. The minimum atomic E-state index is -0.483. The number of nitrogens with zero attached hydrogens (tertiary/aromatic N) is 1. The van der Waals surface area contributed by atoms with Crippen molar-refractivity contribution in [2.24, 2.45) is 0 Å². The lowest BCUT2D eigenvalue weighted by molar-refractivity contribution is -0.147. The number of anilines is 1. The molecule has 4 aromatic rings. The topological polar surface area (TPSA) is 81.4 Å². The largest absolute Gasteiger partial charge is 0.456 e. The second-order valence-electron chi connectivity index (χ2n) is 7.26. The average Bonchev–Trinajstić information content (AvgIpc) is 3.26. The Morgan fingerprint density at radius 1 is 1.00 bits per heavy atom. The van der Waals surface area contributed by atoms with E-state index in [1.807, 2.05) is 73.7 Å². The second-order valence-corrected chi connectivity index (χ2v) is 7.26. The van der Waals surface area contributed by atoms with E-state index in [9.17, 15) is 9.59 Å². The molecule has 6 heteroatoms. The number of aryl methyl sites for hydroxylation is 2. The number of ether oxygens (including phenoxy) is 1. The number of oxazole rings is 1. The van der Waals surface area contributed by atoms with Crippen LogP contribution in [0.15, 0.2) is 77.3 Å². The molecule has 0 atom stereocenters. The van der Waals surface area contributed by atoms with Crippen LogP contribution in [0.25, 0.3) is 22.1 Å². The number of carbonyl (C=O) groups is 2. The van der Waals surface area contributed by atoms with Crippen LogP contribution in [0.4, 0.5) is 5.69 Å². The number of rotatable bonds is 7. The van der Waals surface area contributed by atoms with Crippen molar-refractivity contribution < 1.29 is 18.7 Å². The minimum absolute atomic E-state index is 0.0805. The van der Waals surface area contributed by atoms with Gasteiger partial charge in [-0.05, 0) is 29.8 Å². The van der Waals surface area contributed by atoms with Crippen LogP contribution in [0, 0.1) is 6.92 Å². The van der Waals surface area contributed by atoms with Gasteiger partial charge in [0.25, 0.3) is 5.91 Å². The summed E-state index contributed by atoms with van der Waals surface area (Å²) in [6.45, 7) is 1.68. The molecule has 6 nitrogen and oxygen atoms in total. The van der Waals surface area contributed by atoms with E-state index < -0.39 is 5.97 Å². The zero-order chi connectivity index (χ0) is 21.6. The van der Waals surface area contributed by atoms with E-state index in [1.54, 1.807) is 6.20 Å². The Balaban J connectivity index is 1.23. The SMILES string of the molecule is Cc1ccc(-c2cnc(CCC(=O)OCC(=O)Nc3ccc4ccccc4c3)o2)cc1. The maximum Gasteiger partial charge on any atom is 0.306 e. The first kappa shape index (κ1) is 20.3. The Labute approximate surface area is 179 Å². The Morgan fingerprint density at radius 3 is 2.58 bits per heavy atom. The maximum absolute atomic E-state index is 12.1. The minimum Gasteiger partial charge on any atom is -0.456 e. The van der Waals surface area contributed by atoms with Gasteiger partial charge in [-0.15, -0.1) is 0 Å². The fraction of sp³-hybridized carbons (Fsp3) is 0.160. The Hall–Kier alpha value is -3.93. The normalized spacial score (nSPS) is 10.7. The van der Waals surface area contributed by atoms with Gasteiger partial charge < -0.3 is 14.5 Å². The van der Waals surface area contributed by atoms with Gasteiger partial charge >= 0.3 is 5.97 Å². The van der Waals surface area contributed by atoms with Gasteiger partial charge in [0.2, 0.25) is 0 Å². The number of amides is 1. The first-order chi connectivity index (χ1) is 15.1. The van der Waals surface area contributed by atoms with Crippen LogP contribution in [-0.4, -0.2) is 23.5 Å². The van der Waals surface area contributed by atoms with E-state index in [2.05, 4.69) is 10.3 Å². The van der Waals surface area contributed by atoms with Crippen molar-refractivity contribution >= 4 is 28.3 Å². The van der Waals surface area contributed by atoms with E-state index in [0.29, 0.717) is 23.8 Å². The first-order valence-electron chi connectivity index (χ1n) is 10.0. The fourth-order valence-electron chi connectivity index (χ4n) is 3.17. The Bertz CT molecular complexity index is 1210. The van der Waals surface area contributed by atoms with Crippen LogP contribution < -0.4 is 5.32 Å². The molecule has 0 aliphatic rings. The summed E-state index contributed by atoms with van der Waals surface area (Å²) in [5.41, 5.74) is 2.75. The monoisotopic (exact) mass is 414 g/mol. The molecule has 0 saturated heterocycles. The van der Waals surface area contributed by atoms with Crippen molar-refractivity contribution in [1.29, 1.82) is 0 Å². The van der Waals surface area contributed by atoms with E-state index in [1.165, 1.54) is 0 Å². The molecule has 1 N–H and O–H groups in total. The summed E-state index contributed by atoms with van der Waals surface area (Å²) in [7, 11) is 0. The quantitative estimate of drug-likeness (QED) is 0.434. The number of benzene rings is 3. The Morgan fingerprint density at radius 2 is 1.77 bits per heavy atom. The lowest BCUT2D eigenvalue weighted by Crippen LogP contribution is -2.21. The molecule has 31 heavy (non-hydrogen) atoms. The number of hydrogen-bond acceptors (Lipinski definition) is 5. The van der Waals surface area contributed by atoms with E-state index in [-0.39, 0.29) is 18.9 Å². The summed E-state index contributed by atoms with van der Waals surface area (Å²) in [6, 6.07) is 21.4. The van der Waals surface area contributed by atoms with Crippen molar-refractivity contribution in [3.63, 3.8) is 0 Å². The molecule has 4 rings (SSSR count). The number of hydrogen-bond donors (Lipinski definition) is 1. The van der Waals surface area contributed by atoms with Crippen LogP contribution in [0.3, 0.4) is 0 Å². The van der Waals surface area contributed by atoms with Crippen molar-refractivity contribution in [3.05, 3.63) is 84.4 Å². The molecular formula is C25H22N2O4. The highest BCUT2D eigenvalue weighted by molar-refractivity contribution is 5.95. The van der Waals surface area contributed by atoms with Crippen LogP contribution >= 0.6 is 0 Å². The molecule has 0 radical (unpaired) electrons. The van der Waals surface area contributed by atoms with Gasteiger partial charge in [0.05, 0.1) is 12.6 Å². The van der Waals surface area contributed by atoms with Crippen LogP contribution in [0.1, 0.15) is 17.9 Å². The molecule has 3 aromatic carbocycles. The smallest absolute Gasteiger partial charge is 0.306 e. The predicted molar refractivity (Wildman–Crippen MR) is 119 cm³/mol. The van der Waals surface area contributed by atoms with Gasteiger partial charge in [-0.3, -0.25) is 9.59 Å². The summed E-state index contributed by atoms with van der Waals surface area (Å²) < 4.78 is 10.8. The molecule has 0 spiro atoms. The van der Waals surface area contributed by atoms with Crippen molar-refractivity contribution in [2.75, 3.05) is 11.9 Å².